The second kappa shape index (κ2) is 5.68. The Bertz CT molecular complexity index is 721. The third-order valence-electron chi connectivity index (χ3n) is 2.65. The van der Waals surface area contributed by atoms with E-state index in [0.29, 0.717) is 10.5 Å². The van der Waals surface area contributed by atoms with E-state index in [1.807, 2.05) is 12.1 Å². The van der Waals surface area contributed by atoms with Gasteiger partial charge >= 0.3 is 0 Å². The van der Waals surface area contributed by atoms with Gasteiger partial charge in [0.15, 0.2) is 9.84 Å². The predicted molar refractivity (Wildman–Crippen MR) is 81.1 cm³/mol. The van der Waals surface area contributed by atoms with Gasteiger partial charge < -0.3 is 5.73 Å². The monoisotopic (exact) mass is 306 g/mol. The molecule has 0 fully saturated rings. The number of sulfone groups is 1. The summed E-state index contributed by atoms with van der Waals surface area (Å²) in [6.07, 6.45) is 1.19. The number of rotatable bonds is 4. The maximum absolute atomic E-state index is 11.4. The van der Waals surface area contributed by atoms with Crippen molar-refractivity contribution >= 4 is 27.4 Å². The maximum atomic E-state index is 11.4. The first-order chi connectivity index (χ1) is 9.36. The number of hydrogen-bond acceptors (Lipinski definition) is 4. The van der Waals surface area contributed by atoms with Gasteiger partial charge in [0.2, 0.25) is 0 Å². The summed E-state index contributed by atoms with van der Waals surface area (Å²) in [7, 11) is -3.15. The molecule has 4 nitrogen and oxygen atoms in total. The molecule has 0 aliphatic rings. The van der Waals surface area contributed by atoms with Gasteiger partial charge in [0.25, 0.3) is 0 Å². The predicted octanol–water partition coefficient (Wildman–Crippen LogP) is 2.53. The normalized spacial score (nSPS) is 11.2. The number of nitrogens with one attached hydrogen (secondary N) is 1. The highest BCUT2D eigenvalue weighted by molar-refractivity contribution is 7.99. The Kier molecular flexibility index (Phi) is 4.15. The van der Waals surface area contributed by atoms with Crippen molar-refractivity contribution in [1.82, 2.24) is 0 Å². The molecule has 0 amide bonds. The van der Waals surface area contributed by atoms with Crippen LogP contribution in [0.2, 0.25) is 0 Å². The van der Waals surface area contributed by atoms with Gasteiger partial charge in [0.1, 0.15) is 5.84 Å². The fraction of sp³-hybridized carbons (Fsp3) is 0.0714. The zero-order valence-corrected chi connectivity index (χ0v) is 12.5. The standard InChI is InChI=1S/C14H14N2O2S2/c1-20(17,18)13-8-6-12(7-9-13)19-11-4-2-10(3-5-11)14(15)16/h2-9H,1H3,(H3,15,16). The van der Waals surface area contributed by atoms with Crippen molar-refractivity contribution in [2.45, 2.75) is 14.7 Å². The average Bonchev–Trinajstić information content (AvgIpc) is 2.39. The summed E-state index contributed by atoms with van der Waals surface area (Å²) in [6.45, 7) is 0. The van der Waals surface area contributed by atoms with Crippen LogP contribution in [-0.2, 0) is 9.84 Å². The van der Waals surface area contributed by atoms with Crippen LogP contribution in [0.3, 0.4) is 0 Å². The number of hydrogen-bond donors (Lipinski definition) is 2. The van der Waals surface area contributed by atoms with Crippen molar-refractivity contribution in [3.8, 4) is 0 Å². The van der Waals surface area contributed by atoms with E-state index in [0.717, 1.165) is 9.79 Å². The Morgan fingerprint density at radius 1 is 1.00 bits per heavy atom. The highest BCUT2D eigenvalue weighted by Crippen LogP contribution is 2.28. The van der Waals surface area contributed by atoms with Crippen molar-refractivity contribution in [2.75, 3.05) is 6.26 Å². The Morgan fingerprint density at radius 2 is 1.45 bits per heavy atom. The molecular formula is C14H14N2O2S2. The fourth-order valence-electron chi connectivity index (χ4n) is 1.59. The molecule has 20 heavy (non-hydrogen) atoms. The molecule has 3 N–H and O–H groups in total. The minimum atomic E-state index is -3.15. The van der Waals surface area contributed by atoms with Crippen molar-refractivity contribution in [1.29, 1.82) is 5.41 Å². The SMILES string of the molecule is CS(=O)(=O)c1ccc(Sc2ccc(C(=N)N)cc2)cc1. The smallest absolute Gasteiger partial charge is 0.175 e. The molecule has 2 rings (SSSR count). The van der Waals surface area contributed by atoms with Crippen molar-refractivity contribution in [3.05, 3.63) is 54.1 Å². The van der Waals surface area contributed by atoms with Gasteiger partial charge in [-0.05, 0) is 36.4 Å². The largest absolute Gasteiger partial charge is 0.384 e. The first-order valence-electron chi connectivity index (χ1n) is 5.79. The van der Waals surface area contributed by atoms with E-state index in [1.165, 1.54) is 18.0 Å². The van der Waals surface area contributed by atoms with Gasteiger partial charge in [-0.15, -0.1) is 0 Å². The summed E-state index contributed by atoms with van der Waals surface area (Å²) in [6, 6.07) is 14.1. The number of amidine groups is 1. The first-order valence-corrected chi connectivity index (χ1v) is 8.49. The van der Waals surface area contributed by atoms with Crippen LogP contribution >= 0.6 is 11.8 Å². The summed E-state index contributed by atoms with van der Waals surface area (Å²) >= 11 is 1.52. The van der Waals surface area contributed by atoms with Gasteiger partial charge in [-0.2, -0.15) is 0 Å². The van der Waals surface area contributed by atoms with Crippen molar-refractivity contribution < 1.29 is 8.42 Å². The highest BCUT2D eigenvalue weighted by Gasteiger charge is 2.06. The molecule has 0 aliphatic heterocycles. The summed E-state index contributed by atoms with van der Waals surface area (Å²) in [5, 5.41) is 7.32. The van der Waals surface area contributed by atoms with Crippen LogP contribution in [0, 0.1) is 5.41 Å². The van der Waals surface area contributed by atoms with E-state index in [2.05, 4.69) is 0 Å². The lowest BCUT2D eigenvalue weighted by molar-refractivity contribution is 0.602. The summed E-state index contributed by atoms with van der Waals surface area (Å²) in [5.74, 6) is 0.0408. The first kappa shape index (κ1) is 14.6. The van der Waals surface area contributed by atoms with Gasteiger partial charge in [0, 0.05) is 21.6 Å². The van der Waals surface area contributed by atoms with Crippen LogP contribution < -0.4 is 5.73 Å². The van der Waals surface area contributed by atoms with Gasteiger partial charge in [-0.1, -0.05) is 23.9 Å². The number of benzene rings is 2. The lowest BCUT2D eigenvalue weighted by Gasteiger charge is -2.04. The quantitative estimate of drug-likeness (QED) is 0.671. The summed E-state index contributed by atoms with van der Waals surface area (Å²) in [5.41, 5.74) is 6.08. The van der Waals surface area contributed by atoms with Crippen LogP contribution in [0.5, 0.6) is 0 Å². The summed E-state index contributed by atoms with van der Waals surface area (Å²) < 4.78 is 22.7. The lowest BCUT2D eigenvalue weighted by Crippen LogP contribution is -2.10. The molecule has 2 aromatic rings. The van der Waals surface area contributed by atoms with E-state index < -0.39 is 9.84 Å². The third kappa shape index (κ3) is 3.61. The minimum absolute atomic E-state index is 0.0408. The van der Waals surface area contributed by atoms with Crippen molar-refractivity contribution in [2.24, 2.45) is 5.73 Å². The van der Waals surface area contributed by atoms with E-state index >= 15 is 0 Å². The Labute approximate surface area is 122 Å². The second-order valence-corrected chi connectivity index (χ2v) is 7.45. The molecule has 0 bridgehead atoms. The molecule has 0 aliphatic carbocycles. The molecule has 6 heteroatoms. The van der Waals surface area contributed by atoms with E-state index in [9.17, 15) is 8.42 Å². The van der Waals surface area contributed by atoms with Crippen LogP contribution in [0.4, 0.5) is 0 Å². The molecule has 0 heterocycles. The van der Waals surface area contributed by atoms with Crippen LogP contribution in [-0.4, -0.2) is 20.5 Å². The van der Waals surface area contributed by atoms with Gasteiger partial charge in [0.05, 0.1) is 4.90 Å². The van der Waals surface area contributed by atoms with Crippen LogP contribution in [0.1, 0.15) is 5.56 Å². The lowest BCUT2D eigenvalue weighted by atomic mass is 10.2. The Balaban J connectivity index is 2.16. The van der Waals surface area contributed by atoms with Gasteiger partial charge in [-0.25, -0.2) is 8.42 Å². The molecule has 0 atom stereocenters. The van der Waals surface area contributed by atoms with Gasteiger partial charge in [-0.3, -0.25) is 5.41 Å². The zero-order valence-electron chi connectivity index (χ0n) is 10.8. The van der Waals surface area contributed by atoms with Crippen molar-refractivity contribution in [3.63, 3.8) is 0 Å². The molecule has 2 aromatic carbocycles. The molecule has 0 spiro atoms. The number of nitrogens with two attached hydrogens (primary N) is 1. The molecule has 0 aromatic heterocycles. The molecule has 0 radical (unpaired) electrons. The zero-order chi connectivity index (χ0) is 14.8. The fourth-order valence-corrected chi connectivity index (χ4v) is 3.04. The molecule has 0 saturated heterocycles. The van der Waals surface area contributed by atoms with Crippen LogP contribution in [0.15, 0.2) is 63.2 Å². The molecular weight excluding hydrogens is 292 g/mol. The average molecular weight is 306 g/mol. The Hall–Kier alpha value is -1.79. The second-order valence-electron chi connectivity index (χ2n) is 4.28. The highest BCUT2D eigenvalue weighted by atomic mass is 32.2. The Morgan fingerprint density at radius 3 is 1.85 bits per heavy atom. The van der Waals surface area contributed by atoms with E-state index in [-0.39, 0.29) is 5.84 Å². The van der Waals surface area contributed by atoms with Crippen LogP contribution in [0.25, 0.3) is 0 Å². The molecule has 0 unspecified atom stereocenters. The molecule has 104 valence electrons. The minimum Gasteiger partial charge on any atom is -0.384 e. The van der Waals surface area contributed by atoms with E-state index in [1.54, 1.807) is 36.4 Å². The summed E-state index contributed by atoms with van der Waals surface area (Å²) in [4.78, 5) is 2.27. The molecule has 0 saturated carbocycles. The van der Waals surface area contributed by atoms with E-state index in [4.69, 9.17) is 11.1 Å². The number of nitrogen functional groups attached to an aromatic ring is 1. The third-order valence-corrected chi connectivity index (χ3v) is 4.80. The topological polar surface area (TPSA) is 84.0 Å². The maximum Gasteiger partial charge on any atom is 0.175 e.